The predicted octanol–water partition coefficient (Wildman–Crippen LogP) is 0.251. The van der Waals surface area contributed by atoms with Gasteiger partial charge in [-0.3, -0.25) is 0 Å². The zero-order valence-electron chi connectivity index (χ0n) is 9.03. The quantitative estimate of drug-likeness (QED) is 0.682. The Labute approximate surface area is 81.3 Å². The molecule has 0 radical (unpaired) electrons. The molecule has 1 aliphatic rings. The molecule has 1 saturated heterocycles. The number of nitrogens with zero attached hydrogens (tertiary/aromatic N) is 2. The highest BCUT2D eigenvalue weighted by Crippen LogP contribution is 2.18. The van der Waals surface area contributed by atoms with E-state index in [4.69, 9.17) is 0 Å². The normalized spacial score (nSPS) is 27.0. The van der Waals surface area contributed by atoms with E-state index in [9.17, 15) is 5.11 Å². The van der Waals surface area contributed by atoms with Crippen molar-refractivity contribution in [2.24, 2.45) is 5.92 Å². The van der Waals surface area contributed by atoms with Crippen molar-refractivity contribution < 1.29 is 5.11 Å². The Kier molecular flexibility index (Phi) is 4.16. The van der Waals surface area contributed by atoms with E-state index in [0.717, 1.165) is 32.6 Å². The van der Waals surface area contributed by atoms with E-state index in [1.54, 1.807) is 0 Å². The predicted molar refractivity (Wildman–Crippen MR) is 54.8 cm³/mol. The van der Waals surface area contributed by atoms with Gasteiger partial charge in [0.25, 0.3) is 0 Å². The summed E-state index contributed by atoms with van der Waals surface area (Å²) in [6.07, 6.45) is 1.02. The molecule has 1 heterocycles. The summed E-state index contributed by atoms with van der Waals surface area (Å²) in [6, 6.07) is 0. The second kappa shape index (κ2) is 4.94. The van der Waals surface area contributed by atoms with Crippen molar-refractivity contribution in [2.75, 3.05) is 40.3 Å². The lowest BCUT2D eigenvalue weighted by Crippen LogP contribution is -2.31. The molecule has 3 heteroatoms. The van der Waals surface area contributed by atoms with Gasteiger partial charge in [0, 0.05) is 19.6 Å². The maximum Gasteiger partial charge on any atom is 0.0552 e. The Morgan fingerprint density at radius 3 is 2.69 bits per heavy atom. The Morgan fingerprint density at radius 1 is 1.54 bits per heavy atom. The summed E-state index contributed by atoms with van der Waals surface area (Å²) in [4.78, 5) is 4.65. The lowest BCUT2D eigenvalue weighted by Gasteiger charge is -2.19. The van der Waals surface area contributed by atoms with Gasteiger partial charge in [-0.25, -0.2) is 0 Å². The Morgan fingerprint density at radius 2 is 2.23 bits per heavy atom. The second-order valence-corrected chi connectivity index (χ2v) is 4.39. The molecule has 78 valence electrons. The first-order chi connectivity index (χ1) is 6.09. The van der Waals surface area contributed by atoms with Crippen LogP contribution in [0.1, 0.15) is 13.3 Å². The number of hydrogen-bond donors (Lipinski definition) is 1. The van der Waals surface area contributed by atoms with E-state index < -0.39 is 0 Å². The summed E-state index contributed by atoms with van der Waals surface area (Å²) in [7, 11) is 4.20. The van der Waals surface area contributed by atoms with Crippen molar-refractivity contribution in [3.8, 4) is 0 Å². The molecule has 0 aromatic rings. The van der Waals surface area contributed by atoms with Crippen LogP contribution in [0, 0.1) is 5.92 Å². The number of likely N-dealkylation sites (N-methyl/N-ethyl adjacent to an activating group) is 1. The zero-order valence-corrected chi connectivity index (χ0v) is 9.03. The molecule has 0 spiro atoms. The van der Waals surface area contributed by atoms with Gasteiger partial charge in [-0.05, 0) is 39.9 Å². The van der Waals surface area contributed by atoms with Gasteiger partial charge in [0.15, 0.2) is 0 Å². The molecule has 0 bridgehead atoms. The van der Waals surface area contributed by atoms with Crippen LogP contribution in [0.25, 0.3) is 0 Å². The van der Waals surface area contributed by atoms with Crippen molar-refractivity contribution in [2.45, 2.75) is 19.4 Å². The summed E-state index contributed by atoms with van der Waals surface area (Å²) in [5.74, 6) is 0.502. The molecule has 2 unspecified atom stereocenters. The summed E-state index contributed by atoms with van der Waals surface area (Å²) in [5.41, 5.74) is 0. The monoisotopic (exact) mass is 186 g/mol. The van der Waals surface area contributed by atoms with Gasteiger partial charge in [-0.15, -0.1) is 0 Å². The highest BCUT2D eigenvalue weighted by molar-refractivity contribution is 4.78. The fourth-order valence-electron chi connectivity index (χ4n) is 1.80. The number of aliphatic hydroxyl groups excluding tert-OH is 1. The van der Waals surface area contributed by atoms with Crippen LogP contribution in [0.3, 0.4) is 0 Å². The molecule has 0 aliphatic carbocycles. The number of aliphatic hydroxyl groups is 1. The number of hydrogen-bond acceptors (Lipinski definition) is 3. The fraction of sp³-hybridized carbons (Fsp3) is 1.00. The highest BCUT2D eigenvalue weighted by atomic mass is 16.3. The summed E-state index contributed by atoms with van der Waals surface area (Å²) >= 11 is 0. The standard InChI is InChI=1S/C10H22N2O/c1-9(13)10-4-5-12(8-10)7-6-11(2)3/h9-10,13H,4-8H2,1-3H3. The maximum absolute atomic E-state index is 9.41. The molecule has 3 nitrogen and oxygen atoms in total. The lowest BCUT2D eigenvalue weighted by atomic mass is 10.0. The van der Waals surface area contributed by atoms with Crippen molar-refractivity contribution in [1.82, 2.24) is 9.80 Å². The van der Waals surface area contributed by atoms with E-state index >= 15 is 0 Å². The third kappa shape index (κ3) is 3.63. The van der Waals surface area contributed by atoms with Crippen molar-refractivity contribution in [3.05, 3.63) is 0 Å². The average molecular weight is 186 g/mol. The van der Waals surface area contributed by atoms with Crippen molar-refractivity contribution in [3.63, 3.8) is 0 Å². The first-order valence-corrected chi connectivity index (χ1v) is 5.14. The topological polar surface area (TPSA) is 26.7 Å². The minimum absolute atomic E-state index is 0.135. The van der Waals surface area contributed by atoms with Gasteiger partial charge in [0.05, 0.1) is 6.10 Å². The van der Waals surface area contributed by atoms with Crippen LogP contribution in [0.2, 0.25) is 0 Å². The van der Waals surface area contributed by atoms with E-state index in [1.165, 1.54) is 0 Å². The minimum Gasteiger partial charge on any atom is -0.393 e. The lowest BCUT2D eigenvalue weighted by molar-refractivity contribution is 0.127. The van der Waals surface area contributed by atoms with Crippen LogP contribution in [0.15, 0.2) is 0 Å². The van der Waals surface area contributed by atoms with Gasteiger partial charge in [-0.1, -0.05) is 0 Å². The Hall–Kier alpha value is -0.120. The average Bonchev–Trinajstić information content (AvgIpc) is 2.48. The SMILES string of the molecule is CC(O)C1CCN(CCN(C)C)C1. The van der Waals surface area contributed by atoms with Crippen LogP contribution in [-0.4, -0.2) is 61.3 Å². The third-order valence-corrected chi connectivity index (χ3v) is 2.85. The third-order valence-electron chi connectivity index (χ3n) is 2.85. The van der Waals surface area contributed by atoms with Crippen LogP contribution in [0.5, 0.6) is 0 Å². The molecule has 1 aliphatic heterocycles. The Balaban J connectivity index is 2.17. The van der Waals surface area contributed by atoms with Crippen LogP contribution in [0.4, 0.5) is 0 Å². The second-order valence-electron chi connectivity index (χ2n) is 4.39. The smallest absolute Gasteiger partial charge is 0.0552 e. The molecule has 13 heavy (non-hydrogen) atoms. The van der Waals surface area contributed by atoms with E-state index in [0.29, 0.717) is 5.92 Å². The molecule has 0 amide bonds. The van der Waals surface area contributed by atoms with Crippen LogP contribution < -0.4 is 0 Å². The van der Waals surface area contributed by atoms with Gasteiger partial charge in [-0.2, -0.15) is 0 Å². The molecular formula is C10H22N2O. The zero-order chi connectivity index (χ0) is 9.84. The van der Waals surface area contributed by atoms with Crippen LogP contribution in [-0.2, 0) is 0 Å². The molecular weight excluding hydrogens is 164 g/mol. The summed E-state index contributed by atoms with van der Waals surface area (Å²) in [6.45, 7) is 6.39. The molecule has 1 N–H and O–H groups in total. The van der Waals surface area contributed by atoms with Gasteiger partial charge in [0.2, 0.25) is 0 Å². The molecule has 1 rings (SSSR count). The summed E-state index contributed by atoms with van der Waals surface area (Å²) < 4.78 is 0. The molecule has 0 saturated carbocycles. The Bertz CT molecular complexity index is 148. The maximum atomic E-state index is 9.41. The molecule has 0 aromatic carbocycles. The summed E-state index contributed by atoms with van der Waals surface area (Å²) in [5, 5.41) is 9.41. The largest absolute Gasteiger partial charge is 0.393 e. The number of rotatable bonds is 4. The van der Waals surface area contributed by atoms with Crippen LogP contribution >= 0.6 is 0 Å². The van der Waals surface area contributed by atoms with Crippen molar-refractivity contribution in [1.29, 1.82) is 0 Å². The molecule has 0 aromatic heterocycles. The van der Waals surface area contributed by atoms with Gasteiger partial charge in [0.1, 0.15) is 0 Å². The number of likely N-dealkylation sites (tertiary alicyclic amines) is 1. The van der Waals surface area contributed by atoms with Gasteiger partial charge < -0.3 is 14.9 Å². The first-order valence-electron chi connectivity index (χ1n) is 5.14. The van der Waals surface area contributed by atoms with E-state index in [1.807, 2.05) is 6.92 Å². The highest BCUT2D eigenvalue weighted by Gasteiger charge is 2.25. The first kappa shape index (κ1) is 11.0. The van der Waals surface area contributed by atoms with Gasteiger partial charge >= 0.3 is 0 Å². The van der Waals surface area contributed by atoms with Crippen molar-refractivity contribution >= 4 is 0 Å². The minimum atomic E-state index is -0.135. The molecule has 2 atom stereocenters. The van der Waals surface area contributed by atoms with E-state index in [-0.39, 0.29) is 6.10 Å². The fourth-order valence-corrected chi connectivity index (χ4v) is 1.80. The molecule has 1 fully saturated rings. The van der Waals surface area contributed by atoms with E-state index in [2.05, 4.69) is 23.9 Å².